The fraction of sp³-hybridized carbons (Fsp3) is 0.533. The van der Waals surface area contributed by atoms with Crippen molar-refractivity contribution in [2.75, 3.05) is 25.5 Å². The second-order valence-electron chi connectivity index (χ2n) is 5.86. The molecule has 1 aliphatic heterocycles. The topological polar surface area (TPSA) is 65.4 Å². The third kappa shape index (κ3) is 3.26. The minimum Gasteiger partial charge on any atom is -0.388 e. The van der Waals surface area contributed by atoms with Gasteiger partial charge in [-0.25, -0.2) is 4.98 Å². The number of thiazole rings is 1. The summed E-state index contributed by atoms with van der Waals surface area (Å²) >= 11 is 1.58. The van der Waals surface area contributed by atoms with Crippen molar-refractivity contribution in [1.82, 2.24) is 20.1 Å². The van der Waals surface area contributed by atoms with Crippen molar-refractivity contribution in [3.05, 3.63) is 33.4 Å². The van der Waals surface area contributed by atoms with Crippen LogP contribution in [0.15, 0.2) is 12.3 Å². The van der Waals surface area contributed by atoms with Gasteiger partial charge in [0, 0.05) is 39.8 Å². The van der Waals surface area contributed by atoms with Gasteiger partial charge in [-0.3, -0.25) is 4.90 Å². The van der Waals surface area contributed by atoms with Crippen LogP contribution in [-0.4, -0.2) is 45.8 Å². The molecule has 2 aromatic heterocycles. The highest BCUT2D eigenvalue weighted by atomic mass is 32.1. The molecule has 7 heteroatoms. The maximum atomic E-state index is 9.59. The van der Waals surface area contributed by atoms with Crippen LogP contribution in [0.3, 0.4) is 0 Å². The summed E-state index contributed by atoms with van der Waals surface area (Å²) in [6.07, 6.45) is 2.26. The van der Waals surface area contributed by atoms with Crippen molar-refractivity contribution in [3.8, 4) is 0 Å². The zero-order valence-corrected chi connectivity index (χ0v) is 14.0. The number of aliphatic hydroxyl groups is 1. The van der Waals surface area contributed by atoms with Crippen LogP contribution in [0.5, 0.6) is 0 Å². The van der Waals surface area contributed by atoms with Gasteiger partial charge in [0.05, 0.1) is 23.2 Å². The van der Waals surface area contributed by atoms with E-state index < -0.39 is 6.10 Å². The predicted octanol–water partition coefficient (Wildman–Crippen LogP) is 1.61. The standard InChI is InChI=1S/C15H21N5OS/c1-10(21)13-7-16-15(22-13)9-20-5-4-12-11(8-20)6-14(18-17-12)19(2)3/h6-7,10,21H,4-5,8-9H2,1-3H3. The molecular weight excluding hydrogens is 298 g/mol. The summed E-state index contributed by atoms with van der Waals surface area (Å²) in [5, 5.41) is 19.2. The largest absolute Gasteiger partial charge is 0.388 e. The Bertz CT molecular complexity index is 655. The SMILES string of the molecule is CC(O)c1cnc(CN2CCc3nnc(N(C)C)cc3C2)s1. The van der Waals surface area contributed by atoms with Crippen LogP contribution in [0.4, 0.5) is 5.82 Å². The molecule has 0 amide bonds. The monoisotopic (exact) mass is 319 g/mol. The van der Waals surface area contributed by atoms with Gasteiger partial charge in [-0.15, -0.1) is 16.4 Å². The lowest BCUT2D eigenvalue weighted by atomic mass is 10.1. The second-order valence-corrected chi connectivity index (χ2v) is 7.01. The van der Waals surface area contributed by atoms with Crippen LogP contribution < -0.4 is 4.90 Å². The van der Waals surface area contributed by atoms with Crippen LogP contribution >= 0.6 is 11.3 Å². The Morgan fingerprint density at radius 3 is 2.91 bits per heavy atom. The van der Waals surface area contributed by atoms with Gasteiger partial charge in [-0.1, -0.05) is 0 Å². The minimum atomic E-state index is -0.439. The van der Waals surface area contributed by atoms with Gasteiger partial charge >= 0.3 is 0 Å². The number of fused-ring (bicyclic) bond motifs is 1. The van der Waals surface area contributed by atoms with E-state index in [1.165, 1.54) is 5.56 Å². The van der Waals surface area contributed by atoms with E-state index in [-0.39, 0.29) is 0 Å². The molecule has 0 saturated heterocycles. The van der Waals surface area contributed by atoms with E-state index in [4.69, 9.17) is 0 Å². The van der Waals surface area contributed by atoms with Gasteiger partial charge in [0.1, 0.15) is 5.01 Å². The van der Waals surface area contributed by atoms with Crippen molar-refractivity contribution >= 4 is 17.2 Å². The van der Waals surface area contributed by atoms with Crippen molar-refractivity contribution < 1.29 is 5.11 Å². The van der Waals surface area contributed by atoms with Gasteiger partial charge < -0.3 is 10.0 Å². The highest BCUT2D eigenvalue weighted by molar-refractivity contribution is 7.11. The molecule has 1 aliphatic rings. The first kappa shape index (κ1) is 15.3. The number of anilines is 1. The molecule has 1 unspecified atom stereocenters. The minimum absolute atomic E-state index is 0.439. The number of hydrogen-bond acceptors (Lipinski definition) is 7. The summed E-state index contributed by atoms with van der Waals surface area (Å²) in [6, 6.07) is 2.12. The van der Waals surface area contributed by atoms with Crippen LogP contribution in [0, 0.1) is 0 Å². The molecule has 3 heterocycles. The maximum absolute atomic E-state index is 9.59. The molecule has 0 saturated carbocycles. The van der Waals surface area contributed by atoms with E-state index in [0.717, 1.165) is 47.5 Å². The normalized spacial score (nSPS) is 16.4. The lowest BCUT2D eigenvalue weighted by Gasteiger charge is -2.27. The lowest BCUT2D eigenvalue weighted by Crippen LogP contribution is -2.31. The van der Waals surface area contributed by atoms with Crippen LogP contribution in [-0.2, 0) is 19.5 Å². The number of hydrogen-bond donors (Lipinski definition) is 1. The highest BCUT2D eigenvalue weighted by Crippen LogP contribution is 2.24. The first-order valence-electron chi connectivity index (χ1n) is 7.40. The van der Waals surface area contributed by atoms with E-state index in [1.54, 1.807) is 24.5 Å². The molecule has 6 nitrogen and oxygen atoms in total. The zero-order valence-electron chi connectivity index (χ0n) is 13.2. The van der Waals surface area contributed by atoms with Gasteiger partial charge in [-0.2, -0.15) is 5.10 Å². The molecule has 22 heavy (non-hydrogen) atoms. The molecule has 0 bridgehead atoms. The first-order valence-corrected chi connectivity index (χ1v) is 8.22. The smallest absolute Gasteiger partial charge is 0.151 e. The maximum Gasteiger partial charge on any atom is 0.151 e. The third-order valence-corrected chi connectivity index (χ3v) is 4.96. The van der Waals surface area contributed by atoms with Crippen LogP contribution in [0.2, 0.25) is 0 Å². The van der Waals surface area contributed by atoms with Gasteiger partial charge in [-0.05, 0) is 18.6 Å². The molecule has 0 aromatic carbocycles. The van der Waals surface area contributed by atoms with E-state index in [2.05, 4.69) is 26.1 Å². The van der Waals surface area contributed by atoms with E-state index in [9.17, 15) is 5.11 Å². The van der Waals surface area contributed by atoms with Crippen LogP contribution in [0.1, 0.15) is 34.2 Å². The lowest BCUT2D eigenvalue weighted by molar-refractivity contribution is 0.203. The molecule has 0 radical (unpaired) electrons. The van der Waals surface area contributed by atoms with Crippen molar-refractivity contribution in [1.29, 1.82) is 0 Å². The average molecular weight is 319 g/mol. The molecule has 2 aromatic rings. The quantitative estimate of drug-likeness (QED) is 0.923. The van der Waals surface area contributed by atoms with Gasteiger partial charge in [0.25, 0.3) is 0 Å². The number of aliphatic hydroxyl groups excluding tert-OH is 1. The van der Waals surface area contributed by atoms with Crippen LogP contribution in [0.25, 0.3) is 0 Å². The molecule has 118 valence electrons. The molecule has 0 aliphatic carbocycles. The van der Waals surface area contributed by atoms with Gasteiger partial charge in [0.2, 0.25) is 0 Å². The van der Waals surface area contributed by atoms with E-state index in [1.807, 2.05) is 19.0 Å². The Kier molecular flexibility index (Phi) is 4.37. The number of nitrogens with zero attached hydrogens (tertiary/aromatic N) is 5. The summed E-state index contributed by atoms with van der Waals surface area (Å²) in [7, 11) is 3.95. The summed E-state index contributed by atoms with van der Waals surface area (Å²) in [4.78, 5) is 9.68. The Hall–Kier alpha value is -1.57. The Morgan fingerprint density at radius 1 is 1.41 bits per heavy atom. The second kappa shape index (κ2) is 6.28. The molecule has 0 fully saturated rings. The highest BCUT2D eigenvalue weighted by Gasteiger charge is 2.20. The van der Waals surface area contributed by atoms with Crippen molar-refractivity contribution in [2.45, 2.75) is 32.5 Å². The summed E-state index contributed by atoms with van der Waals surface area (Å²) < 4.78 is 0. The van der Waals surface area contributed by atoms with Crippen molar-refractivity contribution in [3.63, 3.8) is 0 Å². The Labute approximate surface area is 134 Å². The average Bonchev–Trinajstić information content (AvgIpc) is 2.95. The number of rotatable bonds is 4. The zero-order chi connectivity index (χ0) is 15.7. The summed E-state index contributed by atoms with van der Waals surface area (Å²) in [5.74, 6) is 0.895. The molecule has 1 N–H and O–H groups in total. The Balaban J connectivity index is 1.71. The molecule has 3 rings (SSSR count). The predicted molar refractivity (Wildman–Crippen MR) is 86.9 cm³/mol. The Morgan fingerprint density at radius 2 is 2.23 bits per heavy atom. The first-order chi connectivity index (χ1) is 10.5. The number of aromatic nitrogens is 3. The molecular formula is C15H21N5OS. The molecule has 1 atom stereocenters. The molecule has 0 spiro atoms. The van der Waals surface area contributed by atoms with Crippen molar-refractivity contribution in [2.24, 2.45) is 0 Å². The summed E-state index contributed by atoms with van der Waals surface area (Å²) in [5.41, 5.74) is 2.35. The fourth-order valence-corrected chi connectivity index (χ4v) is 3.41. The van der Waals surface area contributed by atoms with E-state index >= 15 is 0 Å². The fourth-order valence-electron chi connectivity index (χ4n) is 2.51. The third-order valence-electron chi connectivity index (χ3n) is 3.81. The van der Waals surface area contributed by atoms with E-state index in [0.29, 0.717) is 0 Å². The summed E-state index contributed by atoms with van der Waals surface area (Å²) in [6.45, 7) is 4.42. The van der Waals surface area contributed by atoms with Gasteiger partial charge in [0.15, 0.2) is 5.82 Å².